The number of nitrogens with zero attached hydrogens (tertiary/aromatic N) is 1. The second kappa shape index (κ2) is 8.38. The zero-order chi connectivity index (χ0) is 20.4. The van der Waals surface area contributed by atoms with Crippen molar-refractivity contribution in [2.75, 3.05) is 25.0 Å². The maximum atomic E-state index is 13.1. The first-order valence-corrected chi connectivity index (χ1v) is 12.1. The molecule has 2 aromatic rings. The Kier molecular flexibility index (Phi) is 5.85. The summed E-state index contributed by atoms with van der Waals surface area (Å²) in [7, 11) is -3.66. The van der Waals surface area contributed by atoms with E-state index in [1.165, 1.54) is 15.9 Å². The number of ether oxygens (including phenoxy) is 1. The van der Waals surface area contributed by atoms with Crippen LogP contribution in [0.5, 0.6) is 5.75 Å². The number of hydrogen-bond acceptors (Lipinski definition) is 5. The Morgan fingerprint density at radius 1 is 1.21 bits per heavy atom. The van der Waals surface area contributed by atoms with Gasteiger partial charge in [0.05, 0.1) is 11.9 Å². The van der Waals surface area contributed by atoms with Crippen molar-refractivity contribution in [3.05, 3.63) is 48.0 Å². The average molecular weight is 433 g/mol. The molecule has 1 amide bonds. The molecule has 2 aliphatic rings. The van der Waals surface area contributed by atoms with Crippen molar-refractivity contribution in [1.82, 2.24) is 4.31 Å². The minimum absolute atomic E-state index is 0.112. The fourth-order valence-electron chi connectivity index (χ4n) is 3.68. The van der Waals surface area contributed by atoms with Gasteiger partial charge in [0.15, 0.2) is 0 Å². The Morgan fingerprint density at radius 3 is 2.69 bits per heavy atom. The lowest BCUT2D eigenvalue weighted by Gasteiger charge is -2.19. The Hall–Kier alpha value is -2.03. The van der Waals surface area contributed by atoms with Crippen LogP contribution in [-0.4, -0.2) is 43.6 Å². The van der Waals surface area contributed by atoms with Crippen LogP contribution in [0, 0.1) is 0 Å². The van der Waals surface area contributed by atoms with Crippen LogP contribution < -0.4 is 10.1 Å². The summed E-state index contributed by atoms with van der Waals surface area (Å²) in [4.78, 5) is 14.0. The lowest BCUT2D eigenvalue weighted by atomic mass is 10.1. The van der Waals surface area contributed by atoms with E-state index in [9.17, 15) is 13.2 Å². The summed E-state index contributed by atoms with van der Waals surface area (Å²) >= 11 is 1.54. The highest BCUT2D eigenvalue weighted by molar-refractivity contribution is 8.01. The number of thioether (sulfide) groups is 1. The molecular weight excluding hydrogens is 408 g/mol. The van der Waals surface area contributed by atoms with E-state index >= 15 is 0 Å². The molecule has 0 aliphatic carbocycles. The van der Waals surface area contributed by atoms with Crippen LogP contribution in [0.1, 0.15) is 25.3 Å². The maximum absolute atomic E-state index is 13.1. The molecule has 1 fully saturated rings. The third-order valence-corrected chi connectivity index (χ3v) is 8.37. The number of sulfonamides is 1. The molecule has 4 rings (SSSR count). The predicted octanol–water partition coefficient (Wildman–Crippen LogP) is 3.53. The van der Waals surface area contributed by atoms with Crippen molar-refractivity contribution < 1.29 is 17.9 Å². The highest BCUT2D eigenvalue weighted by Gasteiger charge is 2.31. The fourth-order valence-corrected chi connectivity index (χ4v) is 6.55. The summed E-state index contributed by atoms with van der Waals surface area (Å²) in [5.74, 6) is 0.194. The number of rotatable bonds is 6. The van der Waals surface area contributed by atoms with E-state index in [1.807, 2.05) is 31.2 Å². The molecule has 1 saturated heterocycles. The number of benzene rings is 2. The van der Waals surface area contributed by atoms with Gasteiger partial charge in [-0.1, -0.05) is 18.2 Å². The van der Waals surface area contributed by atoms with Gasteiger partial charge in [0.2, 0.25) is 15.9 Å². The second-order valence-corrected chi connectivity index (χ2v) is 10.3. The molecule has 154 valence electrons. The molecule has 0 saturated carbocycles. The second-order valence-electron chi connectivity index (χ2n) is 7.11. The molecule has 0 radical (unpaired) electrons. The third kappa shape index (κ3) is 4.15. The normalized spacial score (nSPS) is 19.1. The van der Waals surface area contributed by atoms with Gasteiger partial charge in [-0.2, -0.15) is 4.31 Å². The van der Waals surface area contributed by atoms with Crippen LogP contribution in [0.3, 0.4) is 0 Å². The van der Waals surface area contributed by atoms with Crippen molar-refractivity contribution in [2.45, 2.75) is 41.2 Å². The van der Waals surface area contributed by atoms with Crippen LogP contribution in [0.15, 0.2) is 52.3 Å². The Balaban J connectivity index is 1.56. The molecule has 0 unspecified atom stereocenters. The molecule has 0 bridgehead atoms. The van der Waals surface area contributed by atoms with Crippen LogP contribution in [0.25, 0.3) is 0 Å². The summed E-state index contributed by atoms with van der Waals surface area (Å²) in [5, 5.41) is 2.67. The molecule has 29 heavy (non-hydrogen) atoms. The molecule has 0 spiro atoms. The van der Waals surface area contributed by atoms with E-state index in [0.717, 1.165) is 17.7 Å². The smallest absolute Gasteiger partial charge is 0.246 e. The predicted molar refractivity (Wildman–Crippen MR) is 114 cm³/mol. The van der Waals surface area contributed by atoms with Gasteiger partial charge in [-0.3, -0.25) is 4.79 Å². The molecule has 1 N–H and O–H groups in total. The van der Waals surface area contributed by atoms with Crippen molar-refractivity contribution in [3.8, 4) is 5.75 Å². The molecule has 8 heteroatoms. The van der Waals surface area contributed by atoms with E-state index in [-0.39, 0.29) is 16.1 Å². The van der Waals surface area contributed by atoms with Gasteiger partial charge in [0.25, 0.3) is 0 Å². The van der Waals surface area contributed by atoms with E-state index in [0.29, 0.717) is 37.6 Å². The summed E-state index contributed by atoms with van der Waals surface area (Å²) < 4.78 is 33.3. The van der Waals surface area contributed by atoms with Crippen LogP contribution in [0.2, 0.25) is 0 Å². The standard InChI is InChI=1S/C21H24N2O4S2/c1-2-27-17-10-9-16(14-20(17)29(25,26)23-11-5-6-12-23)22-21(24)19-13-15-7-3-4-8-18(15)28-19/h3-4,7-10,14,19H,2,5-6,11-13H2,1H3,(H,22,24)/t19-/m1/s1. The Bertz CT molecular complexity index is 992. The van der Waals surface area contributed by atoms with Crippen LogP contribution >= 0.6 is 11.8 Å². The van der Waals surface area contributed by atoms with E-state index in [1.54, 1.807) is 23.9 Å². The van der Waals surface area contributed by atoms with E-state index in [4.69, 9.17) is 4.74 Å². The monoisotopic (exact) mass is 432 g/mol. The molecular formula is C21H24N2O4S2. The average Bonchev–Trinajstić information content (AvgIpc) is 3.39. The van der Waals surface area contributed by atoms with Crippen LogP contribution in [0.4, 0.5) is 5.69 Å². The molecule has 0 aromatic heterocycles. The van der Waals surface area contributed by atoms with Gasteiger partial charge in [-0.15, -0.1) is 11.8 Å². The zero-order valence-electron chi connectivity index (χ0n) is 16.3. The molecule has 2 heterocycles. The lowest BCUT2D eigenvalue weighted by molar-refractivity contribution is -0.115. The molecule has 2 aliphatic heterocycles. The summed E-state index contributed by atoms with van der Waals surface area (Å²) in [6.07, 6.45) is 2.39. The molecule has 6 nitrogen and oxygen atoms in total. The molecule has 1 atom stereocenters. The van der Waals surface area contributed by atoms with Gasteiger partial charge in [-0.25, -0.2) is 8.42 Å². The number of fused-ring (bicyclic) bond motifs is 1. The Morgan fingerprint density at radius 2 is 1.97 bits per heavy atom. The number of amides is 1. The number of carbonyl (C=O) groups excluding carboxylic acids is 1. The highest BCUT2D eigenvalue weighted by atomic mass is 32.2. The van der Waals surface area contributed by atoms with Gasteiger partial charge in [-0.05, 0) is 56.0 Å². The minimum atomic E-state index is -3.66. The highest BCUT2D eigenvalue weighted by Crippen LogP contribution is 2.38. The number of anilines is 1. The number of hydrogen-bond donors (Lipinski definition) is 1. The van der Waals surface area contributed by atoms with Crippen molar-refractivity contribution in [3.63, 3.8) is 0 Å². The van der Waals surface area contributed by atoms with Gasteiger partial charge >= 0.3 is 0 Å². The van der Waals surface area contributed by atoms with Crippen molar-refractivity contribution >= 4 is 33.4 Å². The maximum Gasteiger partial charge on any atom is 0.246 e. The first kappa shape index (κ1) is 20.3. The third-order valence-electron chi connectivity index (χ3n) is 5.13. The summed E-state index contributed by atoms with van der Waals surface area (Å²) in [5.41, 5.74) is 1.63. The molecule has 2 aromatic carbocycles. The SMILES string of the molecule is CCOc1ccc(NC(=O)[C@H]2Cc3ccccc3S2)cc1S(=O)(=O)N1CCCC1. The zero-order valence-corrected chi connectivity index (χ0v) is 17.9. The topological polar surface area (TPSA) is 75.7 Å². The first-order valence-electron chi connectivity index (χ1n) is 9.81. The summed E-state index contributed by atoms with van der Waals surface area (Å²) in [6, 6.07) is 12.8. The van der Waals surface area contributed by atoms with Crippen LogP contribution in [-0.2, 0) is 21.2 Å². The first-order chi connectivity index (χ1) is 14.0. The quantitative estimate of drug-likeness (QED) is 0.756. The summed E-state index contributed by atoms with van der Waals surface area (Å²) in [6.45, 7) is 3.21. The largest absolute Gasteiger partial charge is 0.492 e. The Labute approximate surface area is 175 Å². The van der Waals surface area contributed by atoms with Gasteiger partial charge in [0.1, 0.15) is 10.6 Å². The van der Waals surface area contributed by atoms with Crippen molar-refractivity contribution in [2.24, 2.45) is 0 Å². The van der Waals surface area contributed by atoms with E-state index < -0.39 is 10.0 Å². The number of carbonyl (C=O) groups is 1. The van der Waals surface area contributed by atoms with Crippen molar-refractivity contribution in [1.29, 1.82) is 0 Å². The lowest BCUT2D eigenvalue weighted by Crippen LogP contribution is -2.29. The van der Waals surface area contributed by atoms with Gasteiger partial charge < -0.3 is 10.1 Å². The fraction of sp³-hybridized carbons (Fsp3) is 0.381. The van der Waals surface area contributed by atoms with Gasteiger partial charge in [0, 0.05) is 23.7 Å². The van der Waals surface area contributed by atoms with E-state index in [2.05, 4.69) is 5.32 Å². The minimum Gasteiger partial charge on any atom is -0.492 e. The number of nitrogens with one attached hydrogen (secondary N) is 1.